The molecule has 1 aliphatic rings. The lowest BCUT2D eigenvalue weighted by atomic mass is 9.96. The molecule has 3 heteroatoms. The van der Waals surface area contributed by atoms with Crippen LogP contribution in [0.2, 0.25) is 0 Å². The van der Waals surface area contributed by atoms with Crippen molar-refractivity contribution >= 4 is 31.9 Å². The summed E-state index contributed by atoms with van der Waals surface area (Å²) in [5.74, 6) is 0.694. The van der Waals surface area contributed by atoms with E-state index in [-0.39, 0.29) is 0 Å². The first kappa shape index (κ1) is 20.1. The summed E-state index contributed by atoms with van der Waals surface area (Å²) in [5, 5.41) is 0. The topological polar surface area (TPSA) is 3.24 Å². The van der Waals surface area contributed by atoms with Crippen LogP contribution in [0.5, 0.6) is 0 Å². The van der Waals surface area contributed by atoms with Crippen molar-refractivity contribution in [2.24, 2.45) is 0 Å². The Labute approximate surface area is 175 Å². The van der Waals surface area contributed by atoms with E-state index in [0.29, 0.717) is 15.6 Å². The fourth-order valence-corrected chi connectivity index (χ4v) is 5.20. The van der Waals surface area contributed by atoms with Gasteiger partial charge in [0, 0.05) is 16.2 Å². The van der Waals surface area contributed by atoms with E-state index in [1.807, 2.05) is 0 Å². The average Bonchev–Trinajstić information content (AvgIpc) is 3.01. The quantitative estimate of drug-likeness (QED) is 0.389. The normalized spacial score (nSPS) is 22.8. The molecule has 0 N–H and O–H groups in total. The number of rotatable bonds is 8. The highest BCUT2D eigenvalue weighted by atomic mass is 79.9. The Morgan fingerprint density at radius 2 is 1.54 bits per heavy atom. The molecule has 140 valence electrons. The first-order valence-corrected chi connectivity index (χ1v) is 11.6. The van der Waals surface area contributed by atoms with E-state index in [0.717, 1.165) is 19.6 Å². The number of nitrogens with zero attached hydrogens (tertiary/aromatic N) is 1. The van der Waals surface area contributed by atoms with Crippen LogP contribution in [0.4, 0.5) is 0 Å². The number of benzene rings is 2. The molecule has 1 saturated carbocycles. The summed E-state index contributed by atoms with van der Waals surface area (Å²) in [5.41, 5.74) is 4.37. The third kappa shape index (κ3) is 5.68. The molecule has 2 aromatic rings. The van der Waals surface area contributed by atoms with E-state index >= 15 is 0 Å². The molecule has 0 aliphatic heterocycles. The van der Waals surface area contributed by atoms with Gasteiger partial charge >= 0.3 is 0 Å². The van der Waals surface area contributed by atoms with Crippen LogP contribution in [0.25, 0.3) is 0 Å². The molecule has 0 radical (unpaired) electrons. The fraction of sp³-hybridized carbons (Fsp3) is 0.478. The minimum Gasteiger partial charge on any atom is -0.299 e. The van der Waals surface area contributed by atoms with E-state index in [9.17, 15) is 0 Å². The monoisotopic (exact) mass is 477 g/mol. The molecule has 0 aromatic heterocycles. The van der Waals surface area contributed by atoms with Gasteiger partial charge in [-0.25, -0.2) is 0 Å². The highest BCUT2D eigenvalue weighted by Gasteiger charge is 2.31. The summed E-state index contributed by atoms with van der Waals surface area (Å²) >= 11 is 7.56. The van der Waals surface area contributed by atoms with Gasteiger partial charge in [0.1, 0.15) is 0 Å². The third-order valence-electron chi connectivity index (χ3n) is 5.50. The Balaban J connectivity index is 1.45. The maximum atomic E-state index is 3.78. The van der Waals surface area contributed by atoms with Gasteiger partial charge < -0.3 is 0 Å². The van der Waals surface area contributed by atoms with Crippen molar-refractivity contribution in [3.8, 4) is 0 Å². The van der Waals surface area contributed by atoms with Gasteiger partial charge in [0.15, 0.2) is 0 Å². The SMILES string of the molecule is CCN(CCCc1ccc(C2CC(Br)C(Br)C2)cc1)Cc1ccccc1. The smallest absolute Gasteiger partial charge is 0.0277 e. The Kier molecular flexibility index (Phi) is 7.77. The molecule has 1 aliphatic carbocycles. The molecule has 0 saturated heterocycles. The van der Waals surface area contributed by atoms with Gasteiger partial charge in [0.2, 0.25) is 0 Å². The zero-order valence-corrected chi connectivity index (χ0v) is 18.8. The maximum absolute atomic E-state index is 3.78. The maximum Gasteiger partial charge on any atom is 0.0277 e. The summed E-state index contributed by atoms with van der Waals surface area (Å²) in [4.78, 5) is 3.75. The second kappa shape index (κ2) is 10.1. The van der Waals surface area contributed by atoms with Gasteiger partial charge in [-0.1, -0.05) is 93.4 Å². The molecule has 0 bridgehead atoms. The number of halogens is 2. The number of alkyl halides is 2. The van der Waals surface area contributed by atoms with Gasteiger partial charge in [-0.3, -0.25) is 4.90 Å². The lowest BCUT2D eigenvalue weighted by Gasteiger charge is -2.20. The Hall–Kier alpha value is -0.640. The van der Waals surface area contributed by atoms with Gasteiger partial charge in [0.25, 0.3) is 0 Å². The number of aryl methyl sites for hydroxylation is 1. The van der Waals surface area contributed by atoms with E-state index < -0.39 is 0 Å². The predicted molar refractivity (Wildman–Crippen MR) is 120 cm³/mol. The van der Waals surface area contributed by atoms with Gasteiger partial charge in [-0.15, -0.1) is 0 Å². The summed E-state index contributed by atoms with van der Waals surface area (Å²) in [6.45, 7) is 5.58. The first-order chi connectivity index (χ1) is 12.7. The van der Waals surface area contributed by atoms with E-state index in [1.54, 1.807) is 0 Å². The van der Waals surface area contributed by atoms with Crippen molar-refractivity contribution < 1.29 is 0 Å². The largest absolute Gasteiger partial charge is 0.299 e. The summed E-state index contributed by atoms with van der Waals surface area (Å²) in [6.07, 6.45) is 4.86. The Morgan fingerprint density at radius 3 is 2.15 bits per heavy atom. The predicted octanol–water partition coefficient (Wildman–Crippen LogP) is 6.55. The average molecular weight is 479 g/mol. The molecule has 0 amide bonds. The van der Waals surface area contributed by atoms with E-state index in [4.69, 9.17) is 0 Å². The van der Waals surface area contributed by atoms with Crippen molar-refractivity contribution in [3.05, 3.63) is 71.3 Å². The molecule has 2 unspecified atom stereocenters. The minimum atomic E-state index is 0.608. The third-order valence-corrected chi connectivity index (χ3v) is 8.23. The highest BCUT2D eigenvalue weighted by molar-refractivity contribution is 9.12. The van der Waals surface area contributed by atoms with Crippen molar-refractivity contribution in [3.63, 3.8) is 0 Å². The molecule has 2 atom stereocenters. The minimum absolute atomic E-state index is 0.608. The van der Waals surface area contributed by atoms with Crippen molar-refractivity contribution in [2.45, 2.75) is 54.7 Å². The Morgan fingerprint density at radius 1 is 0.885 bits per heavy atom. The van der Waals surface area contributed by atoms with Crippen LogP contribution in [0.3, 0.4) is 0 Å². The van der Waals surface area contributed by atoms with Crippen LogP contribution >= 0.6 is 31.9 Å². The molecule has 2 aromatic carbocycles. The van der Waals surface area contributed by atoms with Crippen molar-refractivity contribution in [1.82, 2.24) is 4.90 Å². The second-order valence-corrected chi connectivity index (χ2v) is 9.75. The van der Waals surface area contributed by atoms with Crippen molar-refractivity contribution in [2.75, 3.05) is 13.1 Å². The zero-order chi connectivity index (χ0) is 18.4. The molecule has 1 nitrogen and oxygen atoms in total. The van der Waals surface area contributed by atoms with Crippen molar-refractivity contribution in [1.29, 1.82) is 0 Å². The molecule has 1 fully saturated rings. The molecule has 26 heavy (non-hydrogen) atoms. The number of hydrogen-bond donors (Lipinski definition) is 0. The van der Waals surface area contributed by atoms with Crippen LogP contribution < -0.4 is 0 Å². The second-order valence-electron chi connectivity index (χ2n) is 7.40. The fourth-order valence-electron chi connectivity index (χ4n) is 3.86. The first-order valence-electron chi connectivity index (χ1n) is 9.79. The van der Waals surface area contributed by atoms with Crippen LogP contribution in [0, 0.1) is 0 Å². The van der Waals surface area contributed by atoms with E-state index in [2.05, 4.69) is 98.3 Å². The summed E-state index contributed by atoms with van der Waals surface area (Å²) < 4.78 is 0. The van der Waals surface area contributed by atoms with Gasteiger partial charge in [-0.2, -0.15) is 0 Å². The van der Waals surface area contributed by atoms with Gasteiger partial charge in [-0.05, 0) is 61.4 Å². The molecule has 0 spiro atoms. The lowest BCUT2D eigenvalue weighted by Crippen LogP contribution is -2.24. The Bertz CT molecular complexity index is 646. The van der Waals surface area contributed by atoms with Crippen LogP contribution in [0.15, 0.2) is 54.6 Å². The molecule has 0 heterocycles. The van der Waals surface area contributed by atoms with Crippen LogP contribution in [-0.2, 0) is 13.0 Å². The van der Waals surface area contributed by atoms with Gasteiger partial charge in [0.05, 0.1) is 0 Å². The van der Waals surface area contributed by atoms with E-state index in [1.165, 1.54) is 42.4 Å². The van der Waals surface area contributed by atoms with Crippen LogP contribution in [-0.4, -0.2) is 27.6 Å². The summed E-state index contributed by atoms with van der Waals surface area (Å²) in [7, 11) is 0. The standard InChI is InChI=1S/C23H29Br2N/c1-2-26(17-19-7-4-3-5-8-19)14-6-9-18-10-12-20(13-11-18)21-15-22(24)23(25)16-21/h3-5,7-8,10-13,21-23H,2,6,9,14-17H2,1H3. The molecular formula is C23H29Br2N. The summed E-state index contributed by atoms with van der Waals surface area (Å²) in [6, 6.07) is 20.2. The highest BCUT2D eigenvalue weighted by Crippen LogP contribution is 2.41. The molecule has 3 rings (SSSR count). The number of hydrogen-bond acceptors (Lipinski definition) is 1. The molecular weight excluding hydrogens is 450 g/mol. The van der Waals surface area contributed by atoms with Crippen LogP contribution in [0.1, 0.15) is 48.8 Å². The lowest BCUT2D eigenvalue weighted by molar-refractivity contribution is 0.276. The zero-order valence-electron chi connectivity index (χ0n) is 15.6.